The molecule has 7 heteroatoms. The van der Waals surface area contributed by atoms with E-state index in [1.807, 2.05) is 28.3 Å². The first-order chi connectivity index (χ1) is 10.1. The normalized spacial score (nSPS) is 10.7. The van der Waals surface area contributed by atoms with E-state index in [1.165, 1.54) is 6.07 Å². The number of rotatable bonds is 4. The van der Waals surface area contributed by atoms with Crippen LogP contribution in [0, 0.1) is 10.1 Å². The fraction of sp³-hybridized carbons (Fsp3) is 0.0714. The summed E-state index contributed by atoms with van der Waals surface area (Å²) in [5.41, 5.74) is 0.730. The zero-order chi connectivity index (χ0) is 14.8. The molecule has 0 spiro atoms. The van der Waals surface area contributed by atoms with Crippen LogP contribution in [-0.2, 0) is 6.54 Å². The van der Waals surface area contributed by atoms with E-state index < -0.39 is 4.92 Å². The van der Waals surface area contributed by atoms with Crippen LogP contribution < -0.4 is 0 Å². The maximum Gasteiger partial charge on any atom is 0.288 e. The monoisotopic (exact) mass is 319 g/mol. The highest BCUT2D eigenvalue weighted by molar-refractivity contribution is 7.13. The predicted octanol–water partition coefficient (Wildman–Crippen LogP) is 4.22. The van der Waals surface area contributed by atoms with Crippen LogP contribution in [0.25, 0.3) is 10.7 Å². The summed E-state index contributed by atoms with van der Waals surface area (Å²) in [7, 11) is 0. The van der Waals surface area contributed by atoms with Crippen molar-refractivity contribution in [2.75, 3.05) is 0 Å². The van der Waals surface area contributed by atoms with Crippen LogP contribution in [0.15, 0.2) is 48.1 Å². The second kappa shape index (κ2) is 5.67. The van der Waals surface area contributed by atoms with Crippen LogP contribution in [0.1, 0.15) is 5.56 Å². The lowest BCUT2D eigenvalue weighted by Crippen LogP contribution is -2.01. The Morgan fingerprint density at radius 3 is 2.95 bits per heavy atom. The molecule has 106 valence electrons. The van der Waals surface area contributed by atoms with E-state index >= 15 is 0 Å². The minimum atomic E-state index is -0.472. The van der Waals surface area contributed by atoms with E-state index in [0.717, 1.165) is 16.3 Å². The maximum absolute atomic E-state index is 10.9. The Labute approximate surface area is 129 Å². The highest BCUT2D eigenvalue weighted by Gasteiger charge is 2.14. The number of halogens is 1. The Morgan fingerprint density at radius 2 is 2.24 bits per heavy atom. The number of nitro groups is 1. The van der Waals surface area contributed by atoms with E-state index in [1.54, 1.807) is 29.7 Å². The molecular formula is C14H10ClN3O2S. The fourth-order valence-corrected chi connectivity index (χ4v) is 2.98. The maximum atomic E-state index is 10.9. The summed E-state index contributed by atoms with van der Waals surface area (Å²) < 4.78 is 1.96. The molecule has 0 radical (unpaired) electrons. The molecule has 5 nitrogen and oxygen atoms in total. The van der Waals surface area contributed by atoms with Gasteiger partial charge in [0.1, 0.15) is 10.8 Å². The molecule has 0 aliphatic rings. The number of benzene rings is 1. The largest absolute Gasteiger partial charge is 0.326 e. The Hall–Kier alpha value is -2.18. The lowest BCUT2D eigenvalue weighted by molar-refractivity contribution is -0.384. The summed E-state index contributed by atoms with van der Waals surface area (Å²) in [6, 6.07) is 8.80. The van der Waals surface area contributed by atoms with Gasteiger partial charge in [-0.3, -0.25) is 10.1 Å². The molecule has 0 bridgehead atoms. The van der Waals surface area contributed by atoms with Crippen molar-refractivity contribution in [1.29, 1.82) is 0 Å². The molecule has 0 N–H and O–H groups in total. The SMILES string of the molecule is O=[N+]([O-])c1cc(Cn2ccnc2-c2cccs2)ccc1Cl. The average Bonchev–Trinajstić information content (AvgIpc) is 3.11. The number of hydrogen-bond donors (Lipinski definition) is 0. The molecule has 2 heterocycles. The molecule has 2 aromatic heterocycles. The Morgan fingerprint density at radius 1 is 1.38 bits per heavy atom. The molecule has 0 aliphatic carbocycles. The van der Waals surface area contributed by atoms with Gasteiger partial charge in [-0.1, -0.05) is 23.7 Å². The molecule has 3 rings (SSSR count). The van der Waals surface area contributed by atoms with E-state index in [9.17, 15) is 10.1 Å². The third kappa shape index (κ3) is 2.81. The third-order valence-corrected chi connectivity index (χ3v) is 4.20. The quantitative estimate of drug-likeness (QED) is 0.534. The summed E-state index contributed by atoms with van der Waals surface area (Å²) in [6.45, 7) is 0.505. The zero-order valence-electron chi connectivity index (χ0n) is 10.8. The third-order valence-electron chi connectivity index (χ3n) is 3.02. The number of nitrogens with zero attached hydrogens (tertiary/aromatic N) is 3. The second-order valence-corrected chi connectivity index (χ2v) is 5.75. The number of aromatic nitrogens is 2. The molecule has 0 fully saturated rings. The first kappa shape index (κ1) is 13.8. The molecule has 1 aromatic carbocycles. The summed E-state index contributed by atoms with van der Waals surface area (Å²) in [4.78, 5) is 15.9. The van der Waals surface area contributed by atoms with E-state index in [-0.39, 0.29) is 10.7 Å². The van der Waals surface area contributed by atoms with Gasteiger partial charge in [0.25, 0.3) is 5.69 Å². The smallest absolute Gasteiger partial charge is 0.288 e. The summed E-state index contributed by atoms with van der Waals surface area (Å²) >= 11 is 7.43. The van der Waals surface area contributed by atoms with Crippen LogP contribution in [0.2, 0.25) is 5.02 Å². The van der Waals surface area contributed by atoms with Crippen LogP contribution in [0.3, 0.4) is 0 Å². The fourth-order valence-electron chi connectivity index (χ4n) is 2.06. The summed E-state index contributed by atoms with van der Waals surface area (Å²) in [5, 5.41) is 13.1. The van der Waals surface area contributed by atoms with Gasteiger partial charge in [0.2, 0.25) is 0 Å². The van der Waals surface area contributed by atoms with Gasteiger partial charge in [0.15, 0.2) is 0 Å². The summed E-state index contributed by atoms with van der Waals surface area (Å²) in [6.07, 6.45) is 3.58. The molecule has 21 heavy (non-hydrogen) atoms. The van der Waals surface area contributed by atoms with Crippen molar-refractivity contribution >= 4 is 28.6 Å². The Kier molecular flexibility index (Phi) is 3.72. The second-order valence-electron chi connectivity index (χ2n) is 4.40. The Bertz CT molecular complexity index is 783. The van der Waals surface area contributed by atoms with Gasteiger partial charge in [-0.25, -0.2) is 4.98 Å². The molecule has 3 aromatic rings. The molecule has 0 saturated heterocycles. The van der Waals surface area contributed by atoms with Crippen molar-refractivity contribution in [3.05, 3.63) is 68.8 Å². The van der Waals surface area contributed by atoms with Gasteiger partial charge in [0, 0.05) is 25.0 Å². The number of hydrogen-bond acceptors (Lipinski definition) is 4. The van der Waals surface area contributed by atoms with Crippen molar-refractivity contribution < 1.29 is 4.92 Å². The van der Waals surface area contributed by atoms with Crippen LogP contribution in [0.4, 0.5) is 5.69 Å². The highest BCUT2D eigenvalue weighted by atomic mass is 35.5. The van der Waals surface area contributed by atoms with E-state index in [2.05, 4.69) is 4.98 Å². The highest BCUT2D eigenvalue weighted by Crippen LogP contribution is 2.27. The first-order valence-electron chi connectivity index (χ1n) is 6.13. The molecule has 0 unspecified atom stereocenters. The molecule has 0 saturated carbocycles. The van der Waals surface area contributed by atoms with Gasteiger partial charge >= 0.3 is 0 Å². The lowest BCUT2D eigenvalue weighted by Gasteiger charge is -2.07. The topological polar surface area (TPSA) is 61.0 Å². The van der Waals surface area contributed by atoms with Gasteiger partial charge in [0.05, 0.1) is 9.80 Å². The molecule has 0 atom stereocenters. The van der Waals surface area contributed by atoms with Gasteiger partial charge < -0.3 is 4.57 Å². The van der Waals surface area contributed by atoms with Crippen molar-refractivity contribution in [2.24, 2.45) is 0 Å². The van der Waals surface area contributed by atoms with Crippen LogP contribution in [0.5, 0.6) is 0 Å². The van der Waals surface area contributed by atoms with Crippen LogP contribution in [-0.4, -0.2) is 14.5 Å². The van der Waals surface area contributed by atoms with Crippen molar-refractivity contribution in [3.63, 3.8) is 0 Å². The van der Waals surface area contributed by atoms with Crippen molar-refractivity contribution in [2.45, 2.75) is 6.54 Å². The Balaban J connectivity index is 1.93. The minimum absolute atomic E-state index is 0.0769. The number of nitro benzene ring substituents is 1. The molecular weight excluding hydrogens is 310 g/mol. The van der Waals surface area contributed by atoms with Crippen LogP contribution >= 0.6 is 22.9 Å². The van der Waals surface area contributed by atoms with Crippen molar-refractivity contribution in [3.8, 4) is 10.7 Å². The van der Waals surface area contributed by atoms with E-state index in [0.29, 0.717) is 6.54 Å². The van der Waals surface area contributed by atoms with Crippen molar-refractivity contribution in [1.82, 2.24) is 9.55 Å². The van der Waals surface area contributed by atoms with Gasteiger partial charge in [-0.15, -0.1) is 11.3 Å². The standard InChI is InChI=1S/C14H10ClN3O2S/c15-11-4-3-10(8-12(11)18(19)20)9-17-6-5-16-14(17)13-2-1-7-21-13/h1-8H,9H2. The molecule has 0 aliphatic heterocycles. The summed E-state index contributed by atoms with van der Waals surface area (Å²) in [5.74, 6) is 0.850. The lowest BCUT2D eigenvalue weighted by atomic mass is 10.2. The predicted molar refractivity (Wildman–Crippen MR) is 82.7 cm³/mol. The minimum Gasteiger partial charge on any atom is -0.326 e. The number of imidazole rings is 1. The van der Waals surface area contributed by atoms with Gasteiger partial charge in [-0.2, -0.15) is 0 Å². The zero-order valence-corrected chi connectivity index (χ0v) is 12.3. The number of thiophene rings is 1. The van der Waals surface area contributed by atoms with E-state index in [4.69, 9.17) is 11.6 Å². The average molecular weight is 320 g/mol. The van der Waals surface area contributed by atoms with Gasteiger partial charge in [-0.05, 0) is 23.1 Å². The first-order valence-corrected chi connectivity index (χ1v) is 7.39. The molecule has 0 amide bonds.